The lowest BCUT2D eigenvalue weighted by atomic mass is 9.85. The van der Waals surface area contributed by atoms with Crippen molar-refractivity contribution in [1.29, 1.82) is 0 Å². The summed E-state index contributed by atoms with van der Waals surface area (Å²) in [4.78, 5) is 15.4. The third-order valence-electron chi connectivity index (χ3n) is 5.10. The summed E-state index contributed by atoms with van der Waals surface area (Å²) in [5, 5.41) is 0. The molecule has 1 unspecified atom stereocenters. The highest BCUT2D eigenvalue weighted by Gasteiger charge is 2.45. The number of hydrogen-bond donors (Lipinski definition) is 0. The van der Waals surface area contributed by atoms with Crippen molar-refractivity contribution in [3.63, 3.8) is 0 Å². The number of benzene rings is 2. The highest BCUT2D eigenvalue weighted by atomic mass is 16.2. The first-order valence-electron chi connectivity index (χ1n) is 8.69. The molecule has 1 aliphatic heterocycles. The Labute approximate surface area is 139 Å². The molecule has 2 nitrogen and oxygen atoms in total. The van der Waals surface area contributed by atoms with E-state index in [4.69, 9.17) is 0 Å². The fourth-order valence-electron chi connectivity index (χ4n) is 3.77. The van der Waals surface area contributed by atoms with E-state index in [1.165, 1.54) is 5.56 Å². The normalized spacial score (nSPS) is 19.7. The molecule has 0 aromatic heterocycles. The summed E-state index contributed by atoms with van der Waals surface area (Å²) in [5.41, 5.74) is 3.10. The van der Waals surface area contributed by atoms with E-state index < -0.39 is 0 Å². The SMILES string of the molecule is CCCCC1(CC)Cc2ccccc2N1C(=O)c1ccccc1. The van der Waals surface area contributed by atoms with Crippen LogP contribution in [0.4, 0.5) is 5.69 Å². The smallest absolute Gasteiger partial charge is 0.258 e. The van der Waals surface area contributed by atoms with Crippen LogP contribution in [0.2, 0.25) is 0 Å². The van der Waals surface area contributed by atoms with E-state index >= 15 is 0 Å². The van der Waals surface area contributed by atoms with Crippen LogP contribution in [0, 0.1) is 0 Å². The van der Waals surface area contributed by atoms with E-state index in [0.29, 0.717) is 0 Å². The summed E-state index contributed by atoms with van der Waals surface area (Å²) in [6.07, 6.45) is 5.33. The Morgan fingerprint density at radius 1 is 1.04 bits per heavy atom. The van der Waals surface area contributed by atoms with Crippen LogP contribution in [0.15, 0.2) is 54.6 Å². The molecular formula is C21H25NO. The van der Waals surface area contributed by atoms with Gasteiger partial charge in [-0.25, -0.2) is 0 Å². The predicted molar refractivity (Wildman–Crippen MR) is 95.9 cm³/mol. The minimum Gasteiger partial charge on any atom is -0.302 e. The zero-order valence-electron chi connectivity index (χ0n) is 14.1. The summed E-state index contributed by atoms with van der Waals surface area (Å²) >= 11 is 0. The fraction of sp³-hybridized carbons (Fsp3) is 0.381. The molecule has 0 N–H and O–H groups in total. The molecule has 0 radical (unpaired) electrons. The molecule has 120 valence electrons. The summed E-state index contributed by atoms with van der Waals surface area (Å²) in [6, 6.07) is 18.1. The first-order chi connectivity index (χ1) is 11.2. The van der Waals surface area contributed by atoms with Gasteiger partial charge in [0.25, 0.3) is 5.91 Å². The maximum atomic E-state index is 13.3. The molecular weight excluding hydrogens is 282 g/mol. The van der Waals surface area contributed by atoms with Crippen molar-refractivity contribution < 1.29 is 4.79 Å². The Balaban J connectivity index is 2.05. The standard InChI is InChI=1S/C21H25NO/c1-3-5-15-21(4-2)16-18-13-9-10-14-19(18)22(21)20(23)17-11-7-6-8-12-17/h6-14H,3-5,15-16H2,1-2H3. The number of hydrogen-bond acceptors (Lipinski definition) is 1. The van der Waals surface area contributed by atoms with Gasteiger partial charge >= 0.3 is 0 Å². The van der Waals surface area contributed by atoms with E-state index in [0.717, 1.165) is 43.4 Å². The van der Waals surface area contributed by atoms with E-state index in [2.05, 4.69) is 36.9 Å². The van der Waals surface area contributed by atoms with E-state index in [9.17, 15) is 4.79 Å². The van der Waals surface area contributed by atoms with Gasteiger partial charge in [0.05, 0.1) is 5.54 Å². The van der Waals surface area contributed by atoms with Crippen molar-refractivity contribution in [2.45, 2.75) is 51.5 Å². The maximum Gasteiger partial charge on any atom is 0.258 e. The van der Waals surface area contributed by atoms with Gasteiger partial charge in [0.1, 0.15) is 0 Å². The van der Waals surface area contributed by atoms with E-state index in [1.54, 1.807) is 0 Å². The largest absolute Gasteiger partial charge is 0.302 e. The van der Waals surface area contributed by atoms with E-state index in [1.807, 2.05) is 36.4 Å². The average molecular weight is 307 g/mol. The van der Waals surface area contributed by atoms with Crippen LogP contribution >= 0.6 is 0 Å². The second-order valence-corrected chi connectivity index (χ2v) is 6.49. The number of fused-ring (bicyclic) bond motifs is 1. The zero-order valence-corrected chi connectivity index (χ0v) is 14.1. The number of unbranched alkanes of at least 4 members (excludes halogenated alkanes) is 1. The lowest BCUT2D eigenvalue weighted by molar-refractivity contribution is 0.0953. The molecule has 0 saturated heterocycles. The maximum absolute atomic E-state index is 13.3. The molecule has 3 rings (SSSR count). The first-order valence-corrected chi connectivity index (χ1v) is 8.69. The minimum atomic E-state index is -0.0768. The quantitative estimate of drug-likeness (QED) is 0.741. The van der Waals surface area contributed by atoms with Crippen molar-refractivity contribution in [3.05, 3.63) is 65.7 Å². The van der Waals surface area contributed by atoms with Gasteiger partial charge in [-0.3, -0.25) is 4.79 Å². The van der Waals surface area contributed by atoms with Crippen molar-refractivity contribution in [1.82, 2.24) is 0 Å². The predicted octanol–water partition coefficient (Wildman–Crippen LogP) is 5.23. The molecule has 2 aromatic carbocycles. The van der Waals surface area contributed by atoms with Gasteiger partial charge in [-0.15, -0.1) is 0 Å². The van der Waals surface area contributed by atoms with Crippen LogP contribution < -0.4 is 4.90 Å². The molecule has 1 heterocycles. The molecule has 0 saturated carbocycles. The summed E-state index contributed by atoms with van der Waals surface area (Å²) < 4.78 is 0. The Morgan fingerprint density at radius 2 is 1.74 bits per heavy atom. The van der Waals surface area contributed by atoms with Gasteiger partial charge in [0.2, 0.25) is 0 Å². The summed E-state index contributed by atoms with van der Waals surface area (Å²) in [7, 11) is 0. The lowest BCUT2D eigenvalue weighted by Gasteiger charge is -2.38. The molecule has 0 fully saturated rings. The van der Waals surface area contributed by atoms with Crippen LogP contribution in [0.5, 0.6) is 0 Å². The van der Waals surface area contributed by atoms with Crippen LogP contribution in [-0.2, 0) is 6.42 Å². The molecule has 0 spiro atoms. The molecule has 1 amide bonds. The van der Waals surface area contributed by atoms with Gasteiger partial charge in [-0.1, -0.05) is 63.1 Å². The number of carbonyl (C=O) groups is 1. The summed E-state index contributed by atoms with van der Waals surface area (Å²) in [6.45, 7) is 4.43. The molecule has 1 aliphatic rings. The monoisotopic (exact) mass is 307 g/mol. The van der Waals surface area contributed by atoms with Crippen LogP contribution in [0.3, 0.4) is 0 Å². The average Bonchev–Trinajstić information content (AvgIpc) is 2.94. The molecule has 2 heteroatoms. The highest BCUT2D eigenvalue weighted by Crippen LogP contribution is 2.44. The number of anilines is 1. The van der Waals surface area contributed by atoms with Crippen LogP contribution in [-0.4, -0.2) is 11.4 Å². The molecule has 0 bridgehead atoms. The number of rotatable bonds is 5. The van der Waals surface area contributed by atoms with Crippen molar-refractivity contribution >= 4 is 11.6 Å². The number of nitrogens with zero attached hydrogens (tertiary/aromatic N) is 1. The summed E-state index contributed by atoms with van der Waals surface area (Å²) in [5.74, 6) is 0.133. The van der Waals surface area contributed by atoms with Crippen molar-refractivity contribution in [3.8, 4) is 0 Å². The first kappa shape index (κ1) is 15.8. The number of amides is 1. The molecule has 0 aliphatic carbocycles. The molecule has 23 heavy (non-hydrogen) atoms. The van der Waals surface area contributed by atoms with E-state index in [-0.39, 0.29) is 11.4 Å². The van der Waals surface area contributed by atoms with Gasteiger partial charge in [0, 0.05) is 11.3 Å². The van der Waals surface area contributed by atoms with Gasteiger partial charge in [0.15, 0.2) is 0 Å². The third-order valence-corrected chi connectivity index (χ3v) is 5.10. The van der Waals surface area contributed by atoms with Crippen LogP contribution in [0.1, 0.15) is 55.5 Å². The number of para-hydroxylation sites is 1. The van der Waals surface area contributed by atoms with Gasteiger partial charge in [-0.05, 0) is 43.0 Å². The Kier molecular flexibility index (Phi) is 4.51. The Bertz CT molecular complexity index is 679. The minimum absolute atomic E-state index is 0.0768. The lowest BCUT2D eigenvalue weighted by Crippen LogP contribution is -2.49. The second-order valence-electron chi connectivity index (χ2n) is 6.49. The van der Waals surface area contributed by atoms with Crippen molar-refractivity contribution in [2.75, 3.05) is 4.90 Å². The second kappa shape index (κ2) is 6.57. The number of carbonyl (C=O) groups excluding carboxylic acids is 1. The Morgan fingerprint density at radius 3 is 2.43 bits per heavy atom. The molecule has 1 atom stereocenters. The van der Waals surface area contributed by atoms with Gasteiger partial charge < -0.3 is 4.90 Å². The Hall–Kier alpha value is -2.09. The van der Waals surface area contributed by atoms with Gasteiger partial charge in [-0.2, -0.15) is 0 Å². The third kappa shape index (κ3) is 2.78. The highest BCUT2D eigenvalue weighted by molar-refractivity contribution is 6.08. The van der Waals surface area contributed by atoms with Crippen molar-refractivity contribution in [2.24, 2.45) is 0 Å². The van der Waals surface area contributed by atoms with Crippen LogP contribution in [0.25, 0.3) is 0 Å². The fourth-order valence-corrected chi connectivity index (χ4v) is 3.77. The topological polar surface area (TPSA) is 20.3 Å². The molecule has 2 aromatic rings. The zero-order chi connectivity index (χ0) is 16.3.